The van der Waals surface area contributed by atoms with Crippen molar-refractivity contribution in [3.8, 4) is 0 Å². The van der Waals surface area contributed by atoms with E-state index in [1.54, 1.807) is 24.1 Å². The van der Waals surface area contributed by atoms with Gasteiger partial charge < -0.3 is 4.74 Å². The van der Waals surface area contributed by atoms with E-state index in [1.807, 2.05) is 90.8 Å². The summed E-state index contributed by atoms with van der Waals surface area (Å²) in [7, 11) is 0. The Labute approximate surface area is 205 Å². The minimum Gasteiger partial charge on any atom is -0.465 e. The minimum atomic E-state index is -1.18. The summed E-state index contributed by atoms with van der Waals surface area (Å²) in [6.07, 6.45) is 4.39. The molecule has 0 radical (unpaired) electrons. The second-order valence-electron chi connectivity index (χ2n) is 8.93. The van der Waals surface area contributed by atoms with Crippen LogP contribution >= 0.6 is 0 Å². The lowest BCUT2D eigenvalue weighted by molar-refractivity contribution is -0.153. The van der Waals surface area contributed by atoms with Gasteiger partial charge in [-0.1, -0.05) is 79.4 Å². The van der Waals surface area contributed by atoms with Gasteiger partial charge in [0.05, 0.1) is 24.0 Å². The van der Waals surface area contributed by atoms with Crippen LogP contribution in [0.1, 0.15) is 34.0 Å². The Morgan fingerprint density at radius 1 is 0.971 bits per heavy atom. The van der Waals surface area contributed by atoms with Gasteiger partial charge in [0, 0.05) is 5.56 Å². The number of hydrogen-bond donors (Lipinski definition) is 0. The summed E-state index contributed by atoms with van der Waals surface area (Å²) < 4.78 is 5.68. The van der Waals surface area contributed by atoms with Gasteiger partial charge in [-0.2, -0.15) is 0 Å². The molecular weight excluding hydrogens is 436 g/mol. The van der Waals surface area contributed by atoms with Gasteiger partial charge in [0.1, 0.15) is 5.41 Å². The molecule has 1 fully saturated rings. The van der Waals surface area contributed by atoms with E-state index < -0.39 is 11.5 Å². The highest BCUT2D eigenvalue weighted by Gasteiger charge is 2.62. The summed E-state index contributed by atoms with van der Waals surface area (Å²) >= 11 is 0. The Balaban J connectivity index is 1.73. The maximum Gasteiger partial charge on any atom is 0.321 e. The second-order valence-corrected chi connectivity index (χ2v) is 8.93. The lowest BCUT2D eigenvalue weighted by Gasteiger charge is -2.37. The van der Waals surface area contributed by atoms with Crippen LogP contribution in [0.25, 0.3) is 6.08 Å². The van der Waals surface area contributed by atoms with E-state index in [4.69, 9.17) is 4.74 Å². The lowest BCUT2D eigenvalue weighted by Crippen LogP contribution is -2.49. The third kappa shape index (κ3) is 3.55. The van der Waals surface area contributed by atoms with E-state index in [9.17, 15) is 9.59 Å². The number of nitrogens with zero attached hydrogens (tertiary/aromatic N) is 2. The molecule has 0 bridgehead atoms. The number of aryl methyl sites for hydroxylation is 1. The molecule has 1 amide bonds. The molecule has 2 heterocycles. The maximum atomic E-state index is 14.0. The third-order valence-corrected chi connectivity index (χ3v) is 6.98. The predicted molar refractivity (Wildman–Crippen MR) is 137 cm³/mol. The van der Waals surface area contributed by atoms with Crippen molar-refractivity contribution in [1.29, 1.82) is 0 Å². The fraction of sp³-hybridized carbons (Fsp3) is 0.200. The molecule has 5 nitrogen and oxygen atoms in total. The van der Waals surface area contributed by atoms with Gasteiger partial charge in [0.25, 0.3) is 5.91 Å². The molecule has 0 N–H and O–H groups in total. The number of fused-ring (bicyclic) bond motifs is 3. The standard InChI is InChI=1S/C30H28N2O3/c1-4-35-29(34)30(20-25-16-9-8-12-21(25)2)22(3)31(28(33)24-14-6-5-7-15-24)32-26-17-11-10-13-23(26)18-19-27(30)32/h5-19,27H,3-4,20H2,1-2H3/t27-,30-/m1/s1. The summed E-state index contributed by atoms with van der Waals surface area (Å²) in [6.45, 7) is 8.46. The van der Waals surface area contributed by atoms with Crippen LogP contribution in [0.3, 0.4) is 0 Å². The molecule has 176 valence electrons. The Morgan fingerprint density at radius 3 is 2.40 bits per heavy atom. The van der Waals surface area contributed by atoms with Crippen molar-refractivity contribution >= 4 is 23.6 Å². The molecule has 1 saturated heterocycles. The van der Waals surface area contributed by atoms with Gasteiger partial charge in [-0.15, -0.1) is 0 Å². The topological polar surface area (TPSA) is 49.9 Å². The molecule has 2 atom stereocenters. The van der Waals surface area contributed by atoms with Crippen LogP contribution in [-0.2, 0) is 16.0 Å². The highest BCUT2D eigenvalue weighted by molar-refractivity contribution is 6.00. The molecule has 35 heavy (non-hydrogen) atoms. The van der Waals surface area contributed by atoms with Gasteiger partial charge in [-0.25, -0.2) is 5.01 Å². The number of anilines is 1. The van der Waals surface area contributed by atoms with E-state index in [0.717, 1.165) is 22.4 Å². The van der Waals surface area contributed by atoms with Crippen molar-refractivity contribution in [2.45, 2.75) is 26.3 Å². The first-order chi connectivity index (χ1) is 17.0. The van der Waals surface area contributed by atoms with Crippen LogP contribution in [0.2, 0.25) is 0 Å². The normalized spacial score (nSPS) is 20.4. The van der Waals surface area contributed by atoms with Gasteiger partial charge in [-0.05, 0) is 55.2 Å². The van der Waals surface area contributed by atoms with Gasteiger partial charge in [-0.3, -0.25) is 14.6 Å². The first kappa shape index (κ1) is 22.7. The molecule has 0 saturated carbocycles. The van der Waals surface area contributed by atoms with Crippen LogP contribution in [0.15, 0.2) is 97.2 Å². The molecule has 3 aromatic carbocycles. The summed E-state index contributed by atoms with van der Waals surface area (Å²) in [5, 5.41) is 3.50. The summed E-state index contributed by atoms with van der Waals surface area (Å²) in [5.41, 5.74) is 3.66. The fourth-order valence-electron chi connectivity index (χ4n) is 5.17. The molecular formula is C30H28N2O3. The van der Waals surface area contributed by atoms with E-state index in [0.29, 0.717) is 17.7 Å². The molecule has 3 aromatic rings. The fourth-order valence-corrected chi connectivity index (χ4v) is 5.17. The highest BCUT2D eigenvalue weighted by Crippen LogP contribution is 2.52. The largest absolute Gasteiger partial charge is 0.465 e. The molecule has 5 rings (SSSR count). The Hall–Kier alpha value is -4.12. The molecule has 0 spiro atoms. The first-order valence-corrected chi connectivity index (χ1v) is 11.9. The van der Waals surface area contributed by atoms with E-state index in [2.05, 4.69) is 6.58 Å². The maximum absolute atomic E-state index is 14.0. The molecule has 5 heteroatoms. The Bertz CT molecular complexity index is 1330. The molecule has 2 aliphatic heterocycles. The highest BCUT2D eigenvalue weighted by atomic mass is 16.5. The van der Waals surface area contributed by atoms with Crippen molar-refractivity contribution in [2.75, 3.05) is 11.6 Å². The number of amides is 1. The van der Waals surface area contributed by atoms with Crippen molar-refractivity contribution < 1.29 is 14.3 Å². The quantitative estimate of drug-likeness (QED) is 0.463. The lowest BCUT2D eigenvalue weighted by atomic mass is 9.72. The van der Waals surface area contributed by atoms with Crippen molar-refractivity contribution in [1.82, 2.24) is 5.01 Å². The van der Waals surface area contributed by atoms with Gasteiger partial charge >= 0.3 is 5.97 Å². The molecule has 0 aliphatic carbocycles. The number of carbonyl (C=O) groups excluding carboxylic acids is 2. The van der Waals surface area contributed by atoms with Crippen LogP contribution in [0.5, 0.6) is 0 Å². The van der Waals surface area contributed by atoms with Crippen LogP contribution < -0.4 is 5.01 Å². The number of hydrogen-bond acceptors (Lipinski definition) is 4. The first-order valence-electron chi connectivity index (χ1n) is 11.9. The molecule has 0 unspecified atom stereocenters. The smallest absolute Gasteiger partial charge is 0.321 e. The predicted octanol–water partition coefficient (Wildman–Crippen LogP) is 5.57. The van der Waals surface area contributed by atoms with E-state index in [1.165, 1.54) is 0 Å². The number of carbonyl (C=O) groups is 2. The number of benzene rings is 3. The SMILES string of the molecule is C=C1N(C(=O)c2ccccc2)N2c3ccccc3C=C[C@@H]2[C@]1(Cc1ccccc1C)C(=O)OCC. The van der Waals surface area contributed by atoms with Crippen LogP contribution in [0.4, 0.5) is 5.69 Å². The monoisotopic (exact) mass is 464 g/mol. The number of ether oxygens (including phenoxy) is 1. The van der Waals surface area contributed by atoms with Gasteiger partial charge in [0.15, 0.2) is 0 Å². The average Bonchev–Trinajstić information content (AvgIpc) is 3.14. The molecule has 0 aromatic heterocycles. The van der Waals surface area contributed by atoms with E-state index >= 15 is 0 Å². The van der Waals surface area contributed by atoms with Gasteiger partial charge in [0.2, 0.25) is 0 Å². The summed E-state index contributed by atoms with van der Waals surface area (Å²) in [5.74, 6) is -0.614. The summed E-state index contributed by atoms with van der Waals surface area (Å²) in [6, 6.07) is 24.5. The van der Waals surface area contributed by atoms with Crippen molar-refractivity contribution in [3.05, 3.63) is 119 Å². The zero-order valence-corrected chi connectivity index (χ0v) is 20.0. The van der Waals surface area contributed by atoms with Crippen LogP contribution in [-0.4, -0.2) is 29.5 Å². The summed E-state index contributed by atoms with van der Waals surface area (Å²) in [4.78, 5) is 27.8. The van der Waals surface area contributed by atoms with Crippen molar-refractivity contribution in [2.24, 2.45) is 5.41 Å². The third-order valence-electron chi connectivity index (χ3n) is 6.98. The molecule has 2 aliphatic rings. The number of rotatable bonds is 5. The van der Waals surface area contributed by atoms with E-state index in [-0.39, 0.29) is 18.5 Å². The Morgan fingerprint density at radius 2 is 1.66 bits per heavy atom. The minimum absolute atomic E-state index is 0.235. The number of para-hydroxylation sites is 1. The zero-order valence-electron chi connectivity index (χ0n) is 20.0. The number of hydrazine groups is 1. The van der Waals surface area contributed by atoms with Crippen molar-refractivity contribution in [3.63, 3.8) is 0 Å². The number of esters is 1. The van der Waals surface area contributed by atoms with Crippen LogP contribution in [0, 0.1) is 12.3 Å². The Kier molecular flexibility index (Phi) is 5.77. The zero-order chi connectivity index (χ0) is 24.6. The average molecular weight is 465 g/mol. The second kappa shape index (κ2) is 8.91.